The van der Waals surface area contributed by atoms with Crippen LogP contribution in [0.15, 0.2) is 12.1 Å². The number of nitrogens with two attached hydrogens (primary N) is 1. The van der Waals surface area contributed by atoms with E-state index in [4.69, 9.17) is 26.8 Å². The topological polar surface area (TPSA) is 44.5 Å². The van der Waals surface area contributed by atoms with Gasteiger partial charge >= 0.3 is 0 Å². The normalized spacial score (nSPS) is 17.0. The van der Waals surface area contributed by atoms with Gasteiger partial charge in [0, 0.05) is 23.2 Å². The summed E-state index contributed by atoms with van der Waals surface area (Å²) in [6.07, 6.45) is 7.56. The van der Waals surface area contributed by atoms with Gasteiger partial charge in [-0.15, -0.1) is 0 Å². The molecule has 106 valence electrons. The molecule has 0 unspecified atom stereocenters. The molecule has 0 aromatic heterocycles. The summed E-state index contributed by atoms with van der Waals surface area (Å²) in [7, 11) is 1.63. The second-order valence-corrected chi connectivity index (χ2v) is 5.47. The fourth-order valence-corrected chi connectivity index (χ4v) is 2.82. The predicted molar refractivity (Wildman–Crippen MR) is 78.0 cm³/mol. The fourth-order valence-electron chi connectivity index (χ4n) is 2.59. The van der Waals surface area contributed by atoms with Crippen LogP contribution in [0.4, 0.5) is 0 Å². The maximum absolute atomic E-state index is 6.17. The number of ether oxygens (including phenoxy) is 2. The predicted octanol–water partition coefficient (Wildman–Crippen LogP) is 3.91. The van der Waals surface area contributed by atoms with E-state index < -0.39 is 0 Å². The van der Waals surface area contributed by atoms with Crippen LogP contribution in [-0.4, -0.2) is 13.2 Å². The second-order valence-electron chi connectivity index (χ2n) is 5.03. The molecule has 2 rings (SSSR count). The zero-order chi connectivity index (χ0) is 13.7. The smallest absolute Gasteiger partial charge is 0.166 e. The van der Waals surface area contributed by atoms with E-state index in [1.54, 1.807) is 13.2 Å². The minimum atomic E-state index is 0.267. The highest BCUT2D eigenvalue weighted by Crippen LogP contribution is 2.36. The van der Waals surface area contributed by atoms with Crippen molar-refractivity contribution < 1.29 is 9.47 Å². The van der Waals surface area contributed by atoms with Crippen molar-refractivity contribution >= 4 is 11.6 Å². The summed E-state index contributed by atoms with van der Waals surface area (Å²) in [5.74, 6) is 1.44. The lowest BCUT2D eigenvalue weighted by molar-refractivity contribution is 0.174. The largest absolute Gasteiger partial charge is 0.493 e. The molecule has 0 radical (unpaired) electrons. The van der Waals surface area contributed by atoms with Crippen LogP contribution >= 0.6 is 11.6 Å². The van der Waals surface area contributed by atoms with Crippen molar-refractivity contribution in [3.05, 3.63) is 22.7 Å². The van der Waals surface area contributed by atoms with Gasteiger partial charge in [-0.25, -0.2) is 0 Å². The molecule has 3 nitrogen and oxygen atoms in total. The van der Waals surface area contributed by atoms with Gasteiger partial charge in [-0.2, -0.15) is 0 Å². The van der Waals surface area contributed by atoms with Crippen molar-refractivity contribution in [3.63, 3.8) is 0 Å². The van der Waals surface area contributed by atoms with Crippen LogP contribution in [0.25, 0.3) is 0 Å². The molecule has 0 atom stereocenters. The van der Waals surface area contributed by atoms with E-state index in [1.165, 1.54) is 25.7 Å². The Morgan fingerprint density at radius 1 is 1.21 bits per heavy atom. The molecule has 1 aromatic carbocycles. The molecule has 19 heavy (non-hydrogen) atoms. The lowest BCUT2D eigenvalue weighted by atomic mass is 10.1. The van der Waals surface area contributed by atoms with Crippen LogP contribution in [0.3, 0.4) is 0 Å². The van der Waals surface area contributed by atoms with Gasteiger partial charge in [-0.3, -0.25) is 0 Å². The van der Waals surface area contributed by atoms with Crippen LogP contribution in [0.2, 0.25) is 5.02 Å². The standard InChI is InChI=1S/C15H22ClNO2/c1-18-14-9-12(16)8-11(10-17)15(14)19-13-6-4-2-3-5-7-13/h8-9,13H,2-7,10,17H2,1H3. The number of hydrogen-bond donors (Lipinski definition) is 1. The van der Waals surface area contributed by atoms with E-state index in [2.05, 4.69) is 0 Å². The number of methoxy groups -OCH3 is 1. The zero-order valence-corrected chi connectivity index (χ0v) is 12.2. The van der Waals surface area contributed by atoms with Gasteiger partial charge in [0.25, 0.3) is 0 Å². The highest BCUT2D eigenvalue weighted by atomic mass is 35.5. The van der Waals surface area contributed by atoms with Crippen molar-refractivity contribution in [2.45, 2.75) is 51.2 Å². The average molecular weight is 284 g/mol. The molecule has 1 aliphatic carbocycles. The van der Waals surface area contributed by atoms with Crippen LogP contribution in [0.1, 0.15) is 44.1 Å². The van der Waals surface area contributed by atoms with Gasteiger partial charge < -0.3 is 15.2 Å². The van der Waals surface area contributed by atoms with Gasteiger partial charge in [0.2, 0.25) is 0 Å². The van der Waals surface area contributed by atoms with Gasteiger partial charge in [0.05, 0.1) is 13.2 Å². The Kier molecular flexibility index (Phi) is 5.34. The molecular weight excluding hydrogens is 262 g/mol. The molecule has 4 heteroatoms. The summed E-state index contributed by atoms with van der Waals surface area (Å²) in [6, 6.07) is 3.64. The molecule has 1 saturated carbocycles. The third kappa shape index (κ3) is 3.77. The molecule has 0 saturated heterocycles. The number of halogens is 1. The Labute approximate surface area is 120 Å². The molecule has 2 N–H and O–H groups in total. The maximum Gasteiger partial charge on any atom is 0.166 e. The van der Waals surface area contributed by atoms with Crippen LogP contribution in [0.5, 0.6) is 11.5 Å². The quantitative estimate of drug-likeness (QED) is 0.852. The van der Waals surface area contributed by atoms with Gasteiger partial charge in [-0.1, -0.05) is 24.4 Å². The van der Waals surface area contributed by atoms with Crippen molar-refractivity contribution in [3.8, 4) is 11.5 Å². The summed E-state index contributed by atoms with van der Waals surface area (Å²) in [4.78, 5) is 0. The molecule has 0 amide bonds. The van der Waals surface area contributed by atoms with Crippen LogP contribution in [-0.2, 0) is 6.54 Å². The van der Waals surface area contributed by atoms with E-state index in [1.807, 2.05) is 6.07 Å². The Morgan fingerprint density at radius 2 is 1.89 bits per heavy atom. The van der Waals surface area contributed by atoms with Gasteiger partial charge in [0.1, 0.15) is 0 Å². The van der Waals surface area contributed by atoms with E-state index in [-0.39, 0.29) is 6.10 Å². The number of benzene rings is 1. The van der Waals surface area contributed by atoms with Crippen molar-refractivity contribution in [1.82, 2.24) is 0 Å². The third-order valence-electron chi connectivity index (χ3n) is 3.62. The van der Waals surface area contributed by atoms with Crippen LogP contribution in [0, 0.1) is 0 Å². The fraction of sp³-hybridized carbons (Fsp3) is 0.600. The van der Waals surface area contributed by atoms with Crippen molar-refractivity contribution in [1.29, 1.82) is 0 Å². The maximum atomic E-state index is 6.17. The van der Waals surface area contributed by atoms with E-state index >= 15 is 0 Å². The Hall–Kier alpha value is -0.930. The minimum absolute atomic E-state index is 0.267. The van der Waals surface area contributed by atoms with E-state index in [0.717, 1.165) is 24.2 Å². The highest BCUT2D eigenvalue weighted by Gasteiger charge is 2.18. The summed E-state index contributed by atoms with van der Waals surface area (Å²) in [6.45, 7) is 0.402. The van der Waals surface area contributed by atoms with Gasteiger partial charge in [0.15, 0.2) is 11.5 Å². The number of hydrogen-bond acceptors (Lipinski definition) is 3. The summed E-state index contributed by atoms with van der Waals surface area (Å²) in [5, 5.41) is 0.630. The Balaban J connectivity index is 2.21. The minimum Gasteiger partial charge on any atom is -0.493 e. The summed E-state index contributed by atoms with van der Waals surface area (Å²) in [5.41, 5.74) is 6.70. The molecule has 1 fully saturated rings. The first-order chi connectivity index (χ1) is 9.24. The lowest BCUT2D eigenvalue weighted by Gasteiger charge is -2.21. The van der Waals surface area contributed by atoms with Gasteiger partial charge in [-0.05, 0) is 31.7 Å². The third-order valence-corrected chi connectivity index (χ3v) is 3.84. The SMILES string of the molecule is COc1cc(Cl)cc(CN)c1OC1CCCCCC1. The summed E-state index contributed by atoms with van der Waals surface area (Å²) < 4.78 is 11.5. The molecule has 1 aromatic rings. The first kappa shape index (κ1) is 14.5. The second kappa shape index (κ2) is 7.01. The van der Waals surface area contributed by atoms with Crippen molar-refractivity contribution in [2.75, 3.05) is 7.11 Å². The monoisotopic (exact) mass is 283 g/mol. The van der Waals surface area contributed by atoms with Crippen molar-refractivity contribution in [2.24, 2.45) is 5.73 Å². The highest BCUT2D eigenvalue weighted by molar-refractivity contribution is 6.30. The Morgan fingerprint density at radius 3 is 2.47 bits per heavy atom. The Bertz CT molecular complexity index is 390. The molecule has 0 heterocycles. The first-order valence-electron chi connectivity index (χ1n) is 6.97. The molecule has 1 aliphatic rings. The van der Waals surface area contributed by atoms with Crippen LogP contribution < -0.4 is 15.2 Å². The lowest BCUT2D eigenvalue weighted by Crippen LogP contribution is -2.17. The van der Waals surface area contributed by atoms with E-state index in [9.17, 15) is 0 Å². The summed E-state index contributed by atoms with van der Waals surface area (Å²) >= 11 is 6.06. The molecule has 0 bridgehead atoms. The average Bonchev–Trinajstić information content (AvgIpc) is 2.68. The molecule has 0 spiro atoms. The molecule has 0 aliphatic heterocycles. The number of rotatable bonds is 4. The van der Waals surface area contributed by atoms with E-state index in [0.29, 0.717) is 17.3 Å². The molecular formula is C15H22ClNO2. The zero-order valence-electron chi connectivity index (χ0n) is 11.5. The first-order valence-corrected chi connectivity index (χ1v) is 7.35.